The fraction of sp³-hybridized carbons (Fsp3) is 0.308. The van der Waals surface area contributed by atoms with Gasteiger partial charge in [0.1, 0.15) is 16.9 Å². The minimum absolute atomic E-state index is 0.0444. The minimum atomic E-state index is 0.0444. The molecule has 0 amide bonds. The van der Waals surface area contributed by atoms with Gasteiger partial charge in [0.25, 0.3) is 0 Å². The molecule has 0 aliphatic heterocycles. The zero-order valence-electron chi connectivity index (χ0n) is 10.0. The lowest BCUT2D eigenvalue weighted by molar-refractivity contribution is 0.230. The monoisotopic (exact) mass is 248 g/mol. The van der Waals surface area contributed by atoms with Crippen molar-refractivity contribution >= 4 is 11.3 Å². The van der Waals surface area contributed by atoms with Crippen LogP contribution in [0.3, 0.4) is 0 Å². The molecule has 17 heavy (non-hydrogen) atoms. The average Bonchev–Trinajstić information content (AvgIpc) is 2.77. The third-order valence-electron chi connectivity index (χ3n) is 2.39. The lowest BCUT2D eigenvalue weighted by Gasteiger charge is -2.12. The molecule has 0 aliphatic rings. The van der Waals surface area contributed by atoms with E-state index in [0.29, 0.717) is 6.54 Å². The summed E-state index contributed by atoms with van der Waals surface area (Å²) in [6.07, 6.45) is 0.0444. The third kappa shape index (κ3) is 3.05. The number of benzene rings is 1. The van der Waals surface area contributed by atoms with Crippen molar-refractivity contribution in [2.75, 3.05) is 6.54 Å². The maximum Gasteiger partial charge on any atom is 0.123 e. The van der Waals surface area contributed by atoms with Crippen LogP contribution in [0.1, 0.15) is 12.6 Å². The van der Waals surface area contributed by atoms with Crippen molar-refractivity contribution in [1.29, 1.82) is 0 Å². The van der Waals surface area contributed by atoms with Crippen LogP contribution in [0.25, 0.3) is 10.6 Å². The van der Waals surface area contributed by atoms with Crippen molar-refractivity contribution in [2.45, 2.75) is 20.0 Å². The summed E-state index contributed by atoms with van der Waals surface area (Å²) < 4.78 is 5.62. The molecule has 0 saturated heterocycles. The van der Waals surface area contributed by atoms with Gasteiger partial charge in [-0.05, 0) is 38.1 Å². The number of aryl methyl sites for hydroxylation is 1. The molecule has 4 heteroatoms. The number of hydrogen-bond donors (Lipinski definition) is 1. The van der Waals surface area contributed by atoms with Crippen LogP contribution < -0.4 is 10.5 Å². The topological polar surface area (TPSA) is 48.1 Å². The van der Waals surface area contributed by atoms with Gasteiger partial charge < -0.3 is 10.5 Å². The molecule has 2 aromatic rings. The number of rotatable bonds is 4. The molecular weight excluding hydrogens is 232 g/mol. The molecule has 1 unspecified atom stereocenters. The Labute approximate surface area is 105 Å². The van der Waals surface area contributed by atoms with Crippen molar-refractivity contribution in [3.8, 4) is 16.3 Å². The Balaban J connectivity index is 2.13. The fourth-order valence-corrected chi connectivity index (χ4v) is 2.25. The molecule has 0 saturated carbocycles. The van der Waals surface area contributed by atoms with Crippen LogP contribution >= 0.6 is 11.3 Å². The second-order valence-electron chi connectivity index (χ2n) is 3.98. The second-order valence-corrected chi connectivity index (χ2v) is 4.84. The Morgan fingerprint density at radius 3 is 2.59 bits per heavy atom. The van der Waals surface area contributed by atoms with E-state index in [0.717, 1.165) is 22.0 Å². The smallest absolute Gasteiger partial charge is 0.123 e. The van der Waals surface area contributed by atoms with Crippen LogP contribution in [-0.2, 0) is 0 Å². The maximum atomic E-state index is 5.62. The predicted octanol–water partition coefficient (Wildman–Crippen LogP) is 2.84. The van der Waals surface area contributed by atoms with E-state index in [4.69, 9.17) is 10.5 Å². The molecule has 1 aromatic heterocycles. The lowest BCUT2D eigenvalue weighted by Crippen LogP contribution is -2.22. The van der Waals surface area contributed by atoms with Crippen LogP contribution in [0.4, 0.5) is 0 Å². The summed E-state index contributed by atoms with van der Waals surface area (Å²) in [4.78, 5) is 4.45. The second kappa shape index (κ2) is 5.29. The van der Waals surface area contributed by atoms with E-state index in [2.05, 4.69) is 10.4 Å². The van der Waals surface area contributed by atoms with Gasteiger partial charge >= 0.3 is 0 Å². The molecule has 1 aromatic carbocycles. The molecule has 90 valence electrons. The molecule has 0 spiro atoms. The summed E-state index contributed by atoms with van der Waals surface area (Å²) in [6.45, 7) is 4.48. The Hall–Kier alpha value is -1.39. The van der Waals surface area contributed by atoms with Crippen LogP contribution in [0.15, 0.2) is 29.6 Å². The Bertz CT molecular complexity index is 478. The van der Waals surface area contributed by atoms with Gasteiger partial charge in [0, 0.05) is 23.2 Å². The molecule has 0 fully saturated rings. The highest BCUT2D eigenvalue weighted by molar-refractivity contribution is 7.13. The molecule has 3 nitrogen and oxygen atoms in total. The summed E-state index contributed by atoms with van der Waals surface area (Å²) in [7, 11) is 0. The van der Waals surface area contributed by atoms with E-state index in [1.807, 2.05) is 38.1 Å². The standard InChI is InChI=1S/C13H16N2OS/c1-9-8-17-13(15-9)11-3-5-12(6-4-11)16-10(2)7-14/h3-6,8,10H,7,14H2,1-2H3. The highest BCUT2D eigenvalue weighted by Gasteiger charge is 2.04. The first-order chi connectivity index (χ1) is 8.19. The van der Waals surface area contributed by atoms with E-state index < -0.39 is 0 Å². The van der Waals surface area contributed by atoms with Gasteiger partial charge in [-0.15, -0.1) is 11.3 Å². The number of ether oxygens (including phenoxy) is 1. The highest BCUT2D eigenvalue weighted by atomic mass is 32.1. The number of hydrogen-bond acceptors (Lipinski definition) is 4. The summed E-state index contributed by atoms with van der Waals surface area (Å²) in [6, 6.07) is 7.96. The zero-order chi connectivity index (χ0) is 12.3. The van der Waals surface area contributed by atoms with E-state index in [9.17, 15) is 0 Å². The summed E-state index contributed by atoms with van der Waals surface area (Å²) in [5.74, 6) is 0.847. The maximum absolute atomic E-state index is 5.62. The summed E-state index contributed by atoms with van der Waals surface area (Å²) >= 11 is 1.65. The van der Waals surface area contributed by atoms with Crippen LogP contribution in [-0.4, -0.2) is 17.6 Å². The molecule has 1 atom stereocenters. The Kier molecular flexibility index (Phi) is 3.76. The van der Waals surface area contributed by atoms with Crippen LogP contribution in [0.2, 0.25) is 0 Å². The number of nitrogens with two attached hydrogens (primary N) is 1. The Morgan fingerprint density at radius 1 is 1.35 bits per heavy atom. The first-order valence-electron chi connectivity index (χ1n) is 5.58. The average molecular weight is 248 g/mol. The zero-order valence-corrected chi connectivity index (χ0v) is 10.8. The number of aromatic nitrogens is 1. The first kappa shape index (κ1) is 12.1. The normalized spacial score (nSPS) is 12.4. The lowest BCUT2D eigenvalue weighted by atomic mass is 10.2. The number of nitrogens with zero attached hydrogens (tertiary/aromatic N) is 1. The van der Waals surface area contributed by atoms with Crippen molar-refractivity contribution in [2.24, 2.45) is 5.73 Å². The minimum Gasteiger partial charge on any atom is -0.489 e. The SMILES string of the molecule is Cc1csc(-c2ccc(OC(C)CN)cc2)n1. The fourth-order valence-electron chi connectivity index (χ4n) is 1.44. The van der Waals surface area contributed by atoms with Crippen LogP contribution in [0, 0.1) is 6.92 Å². The molecule has 2 rings (SSSR count). The predicted molar refractivity (Wildman–Crippen MR) is 71.4 cm³/mol. The molecule has 0 bridgehead atoms. The van der Waals surface area contributed by atoms with E-state index in [1.54, 1.807) is 11.3 Å². The molecule has 2 N–H and O–H groups in total. The first-order valence-corrected chi connectivity index (χ1v) is 6.46. The van der Waals surface area contributed by atoms with Gasteiger partial charge in [0.2, 0.25) is 0 Å². The van der Waals surface area contributed by atoms with Gasteiger partial charge in [-0.3, -0.25) is 0 Å². The molecule has 0 aliphatic carbocycles. The van der Waals surface area contributed by atoms with Crippen LogP contribution in [0.5, 0.6) is 5.75 Å². The van der Waals surface area contributed by atoms with Crippen molar-refractivity contribution in [3.05, 3.63) is 35.3 Å². The number of thiazole rings is 1. The van der Waals surface area contributed by atoms with Crippen molar-refractivity contribution in [1.82, 2.24) is 4.98 Å². The van der Waals surface area contributed by atoms with E-state index >= 15 is 0 Å². The molecule has 1 heterocycles. The molecular formula is C13H16N2OS. The van der Waals surface area contributed by atoms with E-state index in [-0.39, 0.29) is 6.10 Å². The van der Waals surface area contributed by atoms with Gasteiger partial charge in [-0.25, -0.2) is 4.98 Å². The quantitative estimate of drug-likeness (QED) is 0.905. The van der Waals surface area contributed by atoms with Gasteiger partial charge in [-0.1, -0.05) is 0 Å². The largest absolute Gasteiger partial charge is 0.489 e. The van der Waals surface area contributed by atoms with Gasteiger partial charge in [0.15, 0.2) is 0 Å². The third-order valence-corrected chi connectivity index (χ3v) is 3.40. The van der Waals surface area contributed by atoms with E-state index in [1.165, 1.54) is 0 Å². The van der Waals surface area contributed by atoms with Gasteiger partial charge in [0.05, 0.1) is 0 Å². The Morgan fingerprint density at radius 2 is 2.06 bits per heavy atom. The molecule has 0 radical (unpaired) electrons. The van der Waals surface area contributed by atoms with Crippen molar-refractivity contribution in [3.63, 3.8) is 0 Å². The van der Waals surface area contributed by atoms with Crippen molar-refractivity contribution < 1.29 is 4.74 Å². The summed E-state index contributed by atoms with van der Waals surface area (Å²) in [5, 5.41) is 3.09. The van der Waals surface area contributed by atoms with Gasteiger partial charge in [-0.2, -0.15) is 0 Å². The summed E-state index contributed by atoms with van der Waals surface area (Å²) in [5.41, 5.74) is 7.69. The highest BCUT2D eigenvalue weighted by Crippen LogP contribution is 2.25.